The number of nitrogens with zero attached hydrogens (tertiary/aromatic N) is 1. The Labute approximate surface area is 175 Å². The molecule has 0 saturated carbocycles. The Morgan fingerprint density at radius 3 is 2.38 bits per heavy atom. The van der Waals surface area contributed by atoms with E-state index >= 15 is 0 Å². The smallest absolute Gasteiger partial charge is 0.144 e. The number of aromatic nitrogens is 1. The Bertz CT molecular complexity index is 1180. The highest BCUT2D eigenvalue weighted by Crippen LogP contribution is 2.38. The summed E-state index contributed by atoms with van der Waals surface area (Å²) in [5.74, 6) is 0.573. The quantitative estimate of drug-likeness (QED) is 0.325. The van der Waals surface area contributed by atoms with E-state index in [1.807, 2.05) is 6.20 Å². The molecule has 4 rings (SSSR count). The SMILES string of the molecule is CCC(CC)c1ccnc(-c2ccc([Si](C)(C)C)c3c2oc2ccccc23)c1C. The van der Waals surface area contributed by atoms with Crippen LogP contribution in [0.5, 0.6) is 0 Å². The number of benzene rings is 2. The molecule has 29 heavy (non-hydrogen) atoms. The number of hydrogen-bond donors (Lipinski definition) is 0. The van der Waals surface area contributed by atoms with Crippen molar-refractivity contribution in [3.05, 3.63) is 59.8 Å². The van der Waals surface area contributed by atoms with Crippen molar-refractivity contribution in [1.29, 1.82) is 0 Å². The van der Waals surface area contributed by atoms with Gasteiger partial charge in [0.2, 0.25) is 0 Å². The molecule has 0 spiro atoms. The van der Waals surface area contributed by atoms with Crippen molar-refractivity contribution in [2.45, 2.75) is 59.2 Å². The molecule has 0 atom stereocenters. The second-order valence-corrected chi connectivity index (χ2v) is 14.1. The lowest BCUT2D eigenvalue weighted by atomic mass is 9.89. The topological polar surface area (TPSA) is 26.0 Å². The van der Waals surface area contributed by atoms with Gasteiger partial charge in [-0.15, -0.1) is 0 Å². The number of fused-ring (bicyclic) bond motifs is 3. The second kappa shape index (κ2) is 7.45. The zero-order chi connectivity index (χ0) is 20.8. The van der Waals surface area contributed by atoms with Gasteiger partial charge in [-0.3, -0.25) is 4.98 Å². The van der Waals surface area contributed by atoms with Gasteiger partial charge in [0.15, 0.2) is 0 Å². The first kappa shape index (κ1) is 19.9. The lowest BCUT2D eigenvalue weighted by molar-refractivity contribution is 0.637. The highest BCUT2D eigenvalue weighted by molar-refractivity contribution is 6.90. The van der Waals surface area contributed by atoms with Crippen molar-refractivity contribution in [2.75, 3.05) is 0 Å². The number of furan rings is 1. The maximum Gasteiger partial charge on any atom is 0.144 e. The van der Waals surface area contributed by atoms with E-state index < -0.39 is 8.07 Å². The van der Waals surface area contributed by atoms with Crippen LogP contribution < -0.4 is 5.19 Å². The monoisotopic (exact) mass is 401 g/mol. The van der Waals surface area contributed by atoms with Gasteiger partial charge in [0.1, 0.15) is 11.2 Å². The van der Waals surface area contributed by atoms with Crippen LogP contribution in [0.3, 0.4) is 0 Å². The lowest BCUT2D eigenvalue weighted by Crippen LogP contribution is -2.37. The van der Waals surface area contributed by atoms with Crippen molar-refractivity contribution in [2.24, 2.45) is 0 Å². The molecule has 2 heterocycles. The minimum absolute atomic E-state index is 0.573. The molecule has 0 N–H and O–H groups in total. The van der Waals surface area contributed by atoms with E-state index in [-0.39, 0.29) is 0 Å². The van der Waals surface area contributed by atoms with Gasteiger partial charge in [0, 0.05) is 22.5 Å². The summed E-state index contributed by atoms with van der Waals surface area (Å²) in [6, 6.07) is 15.2. The highest BCUT2D eigenvalue weighted by atomic mass is 28.3. The Balaban J connectivity index is 2.06. The van der Waals surface area contributed by atoms with Crippen molar-refractivity contribution in [1.82, 2.24) is 4.98 Å². The molecule has 0 radical (unpaired) electrons. The van der Waals surface area contributed by atoms with Gasteiger partial charge in [-0.2, -0.15) is 0 Å². The molecule has 0 fully saturated rings. The molecule has 0 unspecified atom stereocenters. The average Bonchev–Trinajstić information content (AvgIpc) is 3.08. The molecule has 0 bridgehead atoms. The Kier molecular flexibility index (Phi) is 5.12. The minimum Gasteiger partial charge on any atom is -0.455 e. The number of para-hydroxylation sites is 1. The van der Waals surface area contributed by atoms with Gasteiger partial charge in [-0.25, -0.2) is 0 Å². The van der Waals surface area contributed by atoms with E-state index in [1.54, 1.807) is 0 Å². The van der Waals surface area contributed by atoms with E-state index in [4.69, 9.17) is 9.40 Å². The van der Waals surface area contributed by atoms with Crippen LogP contribution in [0.15, 0.2) is 53.1 Å². The van der Waals surface area contributed by atoms with Crippen LogP contribution in [-0.4, -0.2) is 13.1 Å². The van der Waals surface area contributed by atoms with Gasteiger partial charge in [-0.05, 0) is 60.2 Å². The molecule has 0 aliphatic carbocycles. The third kappa shape index (κ3) is 3.32. The number of hydrogen-bond acceptors (Lipinski definition) is 2. The first-order chi connectivity index (χ1) is 13.9. The summed E-state index contributed by atoms with van der Waals surface area (Å²) in [5.41, 5.74) is 6.82. The fraction of sp³-hybridized carbons (Fsp3) is 0.346. The van der Waals surface area contributed by atoms with Gasteiger partial charge in [-0.1, -0.05) is 57.8 Å². The maximum absolute atomic E-state index is 6.46. The Morgan fingerprint density at radius 2 is 1.69 bits per heavy atom. The van der Waals surface area contributed by atoms with E-state index in [1.165, 1.54) is 27.1 Å². The third-order valence-electron chi connectivity index (χ3n) is 6.26. The molecule has 0 aliphatic heterocycles. The van der Waals surface area contributed by atoms with Crippen LogP contribution in [0.25, 0.3) is 33.2 Å². The third-order valence-corrected chi connectivity index (χ3v) is 8.29. The van der Waals surface area contributed by atoms with Crippen molar-refractivity contribution < 1.29 is 4.42 Å². The first-order valence-corrected chi connectivity index (χ1v) is 14.3. The number of pyridine rings is 1. The van der Waals surface area contributed by atoms with E-state index in [0.29, 0.717) is 5.92 Å². The zero-order valence-corrected chi connectivity index (χ0v) is 19.5. The molecular weight excluding hydrogens is 370 g/mol. The predicted molar refractivity (Wildman–Crippen MR) is 128 cm³/mol. The molecule has 3 heteroatoms. The lowest BCUT2D eigenvalue weighted by Gasteiger charge is -2.20. The van der Waals surface area contributed by atoms with Crippen LogP contribution in [0.2, 0.25) is 19.6 Å². The van der Waals surface area contributed by atoms with Crippen molar-refractivity contribution in [3.8, 4) is 11.3 Å². The largest absolute Gasteiger partial charge is 0.455 e. The van der Waals surface area contributed by atoms with Crippen molar-refractivity contribution >= 4 is 35.2 Å². The molecule has 0 amide bonds. The van der Waals surface area contributed by atoms with Crippen LogP contribution in [0.1, 0.15) is 43.7 Å². The van der Waals surface area contributed by atoms with Gasteiger partial charge >= 0.3 is 0 Å². The molecule has 2 nitrogen and oxygen atoms in total. The normalized spacial score (nSPS) is 12.4. The van der Waals surface area contributed by atoms with Crippen LogP contribution in [0, 0.1) is 6.92 Å². The zero-order valence-electron chi connectivity index (χ0n) is 18.5. The Hall–Kier alpha value is -2.39. The average molecular weight is 402 g/mol. The standard InChI is InChI=1S/C26H31NOSi/c1-7-18(8-2)19-15-16-27-25(17(19)3)21-13-14-23(29(4,5)6)24-20-11-9-10-12-22(20)28-26(21)24/h9-16,18H,7-8H2,1-6H3. The molecule has 2 aromatic heterocycles. The fourth-order valence-electron chi connectivity index (χ4n) is 4.63. The fourth-order valence-corrected chi connectivity index (χ4v) is 6.21. The van der Waals surface area contributed by atoms with Gasteiger partial charge < -0.3 is 4.42 Å². The molecule has 2 aromatic carbocycles. The molecular formula is C26H31NOSi. The van der Waals surface area contributed by atoms with Crippen LogP contribution in [0.4, 0.5) is 0 Å². The summed E-state index contributed by atoms with van der Waals surface area (Å²) in [6.45, 7) is 14.0. The molecule has 150 valence electrons. The van der Waals surface area contributed by atoms with E-state index in [9.17, 15) is 0 Å². The summed E-state index contributed by atoms with van der Waals surface area (Å²) >= 11 is 0. The summed E-state index contributed by atoms with van der Waals surface area (Å²) < 4.78 is 6.46. The molecule has 0 saturated heterocycles. The van der Waals surface area contributed by atoms with Gasteiger partial charge in [0.25, 0.3) is 0 Å². The minimum atomic E-state index is -1.54. The van der Waals surface area contributed by atoms with E-state index in [0.717, 1.165) is 35.3 Å². The number of rotatable bonds is 5. The molecule has 0 aliphatic rings. The summed E-state index contributed by atoms with van der Waals surface area (Å²) in [5, 5.41) is 3.96. The summed E-state index contributed by atoms with van der Waals surface area (Å²) in [7, 11) is -1.54. The van der Waals surface area contributed by atoms with Crippen LogP contribution >= 0.6 is 0 Å². The van der Waals surface area contributed by atoms with Gasteiger partial charge in [0.05, 0.1) is 13.8 Å². The maximum atomic E-state index is 6.46. The van der Waals surface area contributed by atoms with Crippen LogP contribution in [-0.2, 0) is 0 Å². The predicted octanol–water partition coefficient (Wildman–Crippen LogP) is 7.41. The Morgan fingerprint density at radius 1 is 0.966 bits per heavy atom. The first-order valence-electron chi connectivity index (χ1n) is 10.8. The summed E-state index contributed by atoms with van der Waals surface area (Å²) in [4.78, 5) is 4.82. The highest BCUT2D eigenvalue weighted by Gasteiger charge is 2.25. The summed E-state index contributed by atoms with van der Waals surface area (Å²) in [6.07, 6.45) is 4.27. The molecule has 4 aromatic rings. The van der Waals surface area contributed by atoms with Crippen molar-refractivity contribution in [3.63, 3.8) is 0 Å². The second-order valence-electron chi connectivity index (χ2n) is 9.10. The van der Waals surface area contributed by atoms with E-state index in [2.05, 4.69) is 82.9 Å².